The molecule has 5 heteroatoms. The van der Waals surface area contributed by atoms with E-state index in [-0.39, 0.29) is 17.9 Å². The van der Waals surface area contributed by atoms with Crippen LogP contribution < -0.4 is 0 Å². The minimum Gasteiger partial charge on any atom is -0.466 e. The minimum atomic E-state index is -0.212. The van der Waals surface area contributed by atoms with Gasteiger partial charge in [-0.15, -0.1) is 12.6 Å². The Kier molecular flexibility index (Phi) is 4.54. The van der Waals surface area contributed by atoms with Crippen LogP contribution in [0.1, 0.15) is 24.9 Å². The van der Waals surface area contributed by atoms with Crippen LogP contribution in [0.15, 0.2) is 29.2 Å². The summed E-state index contributed by atoms with van der Waals surface area (Å²) in [7, 11) is 0. The number of hydrogen-bond donors (Lipinski definition) is 1. The van der Waals surface area contributed by atoms with Crippen molar-refractivity contribution in [2.45, 2.75) is 24.3 Å². The third-order valence-corrected chi connectivity index (χ3v) is 3.97. The topological polar surface area (TPSA) is 29.5 Å². The fourth-order valence-electron chi connectivity index (χ4n) is 2.36. The number of nitrogens with zero attached hydrogens (tertiary/aromatic N) is 1. The molecule has 1 fully saturated rings. The second-order valence-electron chi connectivity index (χ2n) is 4.27. The average molecular weight is 286 g/mol. The number of carbonyl (C=O) groups excluding carboxylic acids is 1. The molecule has 2 rings (SSSR count). The summed E-state index contributed by atoms with van der Waals surface area (Å²) in [5, 5.41) is 0. The summed E-state index contributed by atoms with van der Waals surface area (Å²) >= 11 is 10.7. The molecule has 0 saturated carbocycles. The van der Waals surface area contributed by atoms with E-state index in [0.717, 1.165) is 16.9 Å². The van der Waals surface area contributed by atoms with Crippen molar-refractivity contribution in [1.29, 1.82) is 0 Å². The van der Waals surface area contributed by atoms with Crippen molar-refractivity contribution < 1.29 is 9.53 Å². The maximum atomic E-state index is 12.0. The number of ether oxygens (including phenoxy) is 1. The van der Waals surface area contributed by atoms with E-state index < -0.39 is 0 Å². The van der Waals surface area contributed by atoms with E-state index in [1.807, 2.05) is 31.2 Å². The van der Waals surface area contributed by atoms with Gasteiger partial charge in [-0.25, -0.2) is 4.42 Å². The molecule has 1 aromatic rings. The standard InChI is InChI=1S/C13H16ClNO2S/c1-2-17-13(16)10-7-8-15(14)12(10)9-5-3-4-6-11(9)18/h3-6,10,12,18H,2,7-8H2,1H3/t10-,12-/m0/s1. The average Bonchev–Trinajstić information content (AvgIpc) is 2.72. The van der Waals surface area contributed by atoms with Gasteiger partial charge in [0.25, 0.3) is 0 Å². The van der Waals surface area contributed by atoms with Crippen LogP contribution in [0, 0.1) is 5.92 Å². The van der Waals surface area contributed by atoms with Gasteiger partial charge in [0.2, 0.25) is 0 Å². The molecule has 0 aromatic heterocycles. The summed E-state index contributed by atoms with van der Waals surface area (Å²) in [6.07, 6.45) is 0.717. The van der Waals surface area contributed by atoms with Crippen LogP contribution in [0.5, 0.6) is 0 Å². The maximum Gasteiger partial charge on any atom is 0.310 e. The second kappa shape index (κ2) is 5.95. The van der Waals surface area contributed by atoms with Gasteiger partial charge in [-0.2, -0.15) is 0 Å². The molecule has 0 amide bonds. The van der Waals surface area contributed by atoms with Crippen LogP contribution in [0.2, 0.25) is 0 Å². The molecule has 0 bridgehead atoms. The highest BCUT2D eigenvalue weighted by Gasteiger charge is 2.40. The fraction of sp³-hybridized carbons (Fsp3) is 0.462. The molecule has 1 aliphatic heterocycles. The van der Waals surface area contributed by atoms with Gasteiger partial charge in [-0.3, -0.25) is 4.79 Å². The molecular formula is C13H16ClNO2S. The monoisotopic (exact) mass is 285 g/mol. The lowest BCUT2D eigenvalue weighted by atomic mass is 9.94. The summed E-state index contributed by atoms with van der Waals surface area (Å²) in [4.78, 5) is 12.8. The first-order valence-electron chi connectivity index (χ1n) is 6.02. The Balaban J connectivity index is 2.28. The van der Waals surface area contributed by atoms with Crippen molar-refractivity contribution in [2.75, 3.05) is 13.2 Å². The van der Waals surface area contributed by atoms with Crippen LogP contribution in [0.4, 0.5) is 0 Å². The highest BCUT2D eigenvalue weighted by molar-refractivity contribution is 7.80. The smallest absolute Gasteiger partial charge is 0.310 e. The quantitative estimate of drug-likeness (QED) is 0.526. The summed E-state index contributed by atoms with van der Waals surface area (Å²) in [6.45, 7) is 2.89. The Morgan fingerprint density at radius 1 is 1.56 bits per heavy atom. The zero-order valence-electron chi connectivity index (χ0n) is 10.2. The zero-order chi connectivity index (χ0) is 13.1. The second-order valence-corrected chi connectivity index (χ2v) is 5.19. The molecule has 1 aromatic carbocycles. The first-order valence-corrected chi connectivity index (χ1v) is 6.80. The predicted octanol–water partition coefficient (Wildman–Crippen LogP) is 3.06. The highest BCUT2D eigenvalue weighted by atomic mass is 35.5. The van der Waals surface area contributed by atoms with Gasteiger partial charge in [-0.1, -0.05) is 18.2 Å². The van der Waals surface area contributed by atoms with E-state index in [1.54, 1.807) is 4.42 Å². The Morgan fingerprint density at radius 3 is 2.94 bits per heavy atom. The molecule has 98 valence electrons. The number of rotatable bonds is 3. The van der Waals surface area contributed by atoms with Crippen LogP contribution >= 0.6 is 24.4 Å². The summed E-state index contributed by atoms with van der Waals surface area (Å²) in [5.74, 6) is -0.391. The molecule has 0 aliphatic carbocycles. The number of esters is 1. The number of hydrogen-bond acceptors (Lipinski definition) is 4. The first-order chi connectivity index (χ1) is 8.65. The van der Waals surface area contributed by atoms with E-state index in [9.17, 15) is 4.79 Å². The van der Waals surface area contributed by atoms with Crippen LogP contribution in [-0.2, 0) is 9.53 Å². The lowest BCUT2D eigenvalue weighted by Gasteiger charge is -2.23. The molecule has 0 spiro atoms. The van der Waals surface area contributed by atoms with E-state index in [1.165, 1.54) is 0 Å². The van der Waals surface area contributed by atoms with Crippen molar-refractivity contribution in [3.63, 3.8) is 0 Å². The van der Waals surface area contributed by atoms with Gasteiger partial charge in [0.15, 0.2) is 0 Å². The van der Waals surface area contributed by atoms with Crippen molar-refractivity contribution in [3.8, 4) is 0 Å². The number of carbonyl (C=O) groups is 1. The Hall–Kier alpha value is -0.710. The number of benzene rings is 1. The highest BCUT2D eigenvalue weighted by Crippen LogP contribution is 2.41. The van der Waals surface area contributed by atoms with Crippen molar-refractivity contribution in [3.05, 3.63) is 29.8 Å². The van der Waals surface area contributed by atoms with Crippen LogP contribution in [-0.4, -0.2) is 23.5 Å². The van der Waals surface area contributed by atoms with E-state index in [4.69, 9.17) is 16.5 Å². The molecular weight excluding hydrogens is 270 g/mol. The molecule has 18 heavy (non-hydrogen) atoms. The lowest BCUT2D eigenvalue weighted by molar-refractivity contribution is -0.148. The molecule has 3 nitrogen and oxygen atoms in total. The molecule has 0 N–H and O–H groups in total. The first kappa shape index (κ1) is 13.7. The molecule has 0 radical (unpaired) electrons. The Labute approximate surface area is 118 Å². The number of thiol groups is 1. The Morgan fingerprint density at radius 2 is 2.28 bits per heavy atom. The fourth-order valence-corrected chi connectivity index (χ4v) is 2.99. The van der Waals surface area contributed by atoms with Gasteiger partial charge in [0, 0.05) is 11.4 Å². The third kappa shape index (κ3) is 2.66. The summed E-state index contributed by atoms with van der Waals surface area (Å²) < 4.78 is 6.79. The predicted molar refractivity (Wildman–Crippen MR) is 73.7 cm³/mol. The maximum absolute atomic E-state index is 12.0. The third-order valence-electron chi connectivity index (χ3n) is 3.18. The van der Waals surface area contributed by atoms with Gasteiger partial charge >= 0.3 is 5.97 Å². The SMILES string of the molecule is CCOC(=O)[C@H]1CCN(Cl)[C@H]1c1ccccc1S. The molecule has 1 heterocycles. The molecule has 2 atom stereocenters. The van der Waals surface area contributed by atoms with Crippen molar-refractivity contribution in [1.82, 2.24) is 4.42 Å². The summed E-state index contributed by atoms with van der Waals surface area (Å²) in [6, 6.07) is 7.56. The number of halogens is 1. The largest absolute Gasteiger partial charge is 0.466 e. The molecule has 1 aliphatic rings. The summed E-state index contributed by atoms with van der Waals surface area (Å²) in [5.41, 5.74) is 0.978. The van der Waals surface area contributed by atoms with Gasteiger partial charge < -0.3 is 4.74 Å². The Bertz CT molecular complexity index is 441. The van der Waals surface area contributed by atoms with Crippen molar-refractivity contribution >= 4 is 30.4 Å². The van der Waals surface area contributed by atoms with Crippen LogP contribution in [0.3, 0.4) is 0 Å². The minimum absolute atomic E-state index is 0.153. The van der Waals surface area contributed by atoms with Gasteiger partial charge in [0.05, 0.1) is 18.6 Å². The van der Waals surface area contributed by atoms with Gasteiger partial charge in [0.1, 0.15) is 0 Å². The normalized spacial score (nSPS) is 24.2. The zero-order valence-corrected chi connectivity index (χ0v) is 11.8. The molecule has 0 unspecified atom stereocenters. The van der Waals surface area contributed by atoms with Crippen LogP contribution in [0.25, 0.3) is 0 Å². The van der Waals surface area contributed by atoms with E-state index in [0.29, 0.717) is 13.2 Å². The molecule has 1 saturated heterocycles. The van der Waals surface area contributed by atoms with Crippen molar-refractivity contribution in [2.24, 2.45) is 5.92 Å². The van der Waals surface area contributed by atoms with E-state index >= 15 is 0 Å². The lowest BCUT2D eigenvalue weighted by Crippen LogP contribution is -2.24. The van der Waals surface area contributed by atoms with E-state index in [2.05, 4.69) is 12.6 Å². The van der Waals surface area contributed by atoms with Gasteiger partial charge in [-0.05, 0) is 36.8 Å².